The van der Waals surface area contributed by atoms with Crippen LogP contribution in [0.3, 0.4) is 0 Å². The summed E-state index contributed by atoms with van der Waals surface area (Å²) in [5.41, 5.74) is 0. The second-order valence-electron chi connectivity index (χ2n) is 4.25. The maximum absolute atomic E-state index is 2.21. The van der Waals surface area contributed by atoms with Crippen LogP contribution in [0.1, 0.15) is 0 Å². The van der Waals surface area contributed by atoms with E-state index in [9.17, 15) is 0 Å². The summed E-state index contributed by atoms with van der Waals surface area (Å²) in [4.78, 5) is 4.08. The fraction of sp³-hybridized carbons (Fsp3) is 0. The van der Waals surface area contributed by atoms with Crippen molar-refractivity contribution in [1.82, 2.24) is 0 Å². The van der Waals surface area contributed by atoms with Gasteiger partial charge in [-0.25, -0.2) is 0 Å². The molecule has 0 saturated heterocycles. The standard InChI is InChI=1S/C18H15S.Sb.3H/c1-4-10-16(11-5-1)19(17-12-6-2-7-13-17)18-14-8-3-9-15-18;;;;/h1-15H;;;;/q+1;;;;. The summed E-state index contributed by atoms with van der Waals surface area (Å²) >= 11 is 0. The third-order valence-corrected chi connectivity index (χ3v) is 5.17. The smallest absolute Gasteiger partial charge is 0.0619 e. The van der Waals surface area contributed by atoms with E-state index in [1.807, 2.05) is 0 Å². The van der Waals surface area contributed by atoms with Crippen molar-refractivity contribution in [2.45, 2.75) is 14.7 Å². The quantitative estimate of drug-likeness (QED) is 0.475. The van der Waals surface area contributed by atoms with Crippen molar-refractivity contribution in [2.24, 2.45) is 0 Å². The molecular formula is C18H18SSb+. The first-order chi connectivity index (χ1) is 9.45. The summed E-state index contributed by atoms with van der Waals surface area (Å²) in [6.45, 7) is 0. The topological polar surface area (TPSA) is 0 Å². The van der Waals surface area contributed by atoms with Crippen molar-refractivity contribution in [1.29, 1.82) is 0 Å². The van der Waals surface area contributed by atoms with Gasteiger partial charge in [0, 0.05) is 0 Å². The van der Waals surface area contributed by atoms with Gasteiger partial charge in [-0.15, -0.1) is 0 Å². The Bertz CT molecular complexity index is 529. The van der Waals surface area contributed by atoms with Gasteiger partial charge in [0.05, 0.1) is 10.9 Å². The largest absolute Gasteiger partial charge is 0.166 e. The van der Waals surface area contributed by atoms with Gasteiger partial charge in [-0.3, -0.25) is 0 Å². The molecule has 3 aromatic carbocycles. The first-order valence-corrected chi connectivity index (χ1v) is 7.57. The second kappa shape index (κ2) is 7.57. The zero-order valence-electron chi connectivity index (χ0n) is 11.3. The predicted octanol–water partition coefficient (Wildman–Crippen LogP) is 3.60. The molecule has 0 nitrogen and oxygen atoms in total. The molecule has 0 saturated carbocycles. The summed E-state index contributed by atoms with van der Waals surface area (Å²) in [5, 5.41) is 0. The first kappa shape index (κ1) is 15.2. The molecule has 0 bridgehead atoms. The molecule has 0 spiro atoms. The molecular weight excluding hydrogens is 370 g/mol. The van der Waals surface area contributed by atoms with Crippen LogP contribution in [0, 0.1) is 0 Å². The Morgan fingerprint density at radius 3 is 0.900 bits per heavy atom. The minimum absolute atomic E-state index is 0. The van der Waals surface area contributed by atoms with Crippen LogP contribution in [-0.2, 0) is 10.9 Å². The zero-order valence-corrected chi connectivity index (χ0v) is 16.1. The predicted molar refractivity (Wildman–Crippen MR) is 91.4 cm³/mol. The van der Waals surface area contributed by atoms with Crippen molar-refractivity contribution in [3.05, 3.63) is 91.0 Å². The van der Waals surface area contributed by atoms with Crippen LogP contribution in [0.15, 0.2) is 106 Å². The molecule has 0 aliphatic carbocycles. The fourth-order valence-corrected chi connectivity index (χ4v) is 4.18. The molecule has 0 aliphatic rings. The molecule has 0 atom stereocenters. The summed E-state index contributed by atoms with van der Waals surface area (Å²) in [6.07, 6.45) is 0. The van der Waals surface area contributed by atoms with Crippen molar-refractivity contribution < 1.29 is 0 Å². The molecule has 0 amide bonds. The molecule has 0 aromatic heterocycles. The van der Waals surface area contributed by atoms with Gasteiger partial charge in [-0.05, 0) is 36.4 Å². The monoisotopic (exact) mass is 387 g/mol. The van der Waals surface area contributed by atoms with Crippen molar-refractivity contribution in [2.75, 3.05) is 0 Å². The van der Waals surface area contributed by atoms with E-state index < -0.39 is 0 Å². The third-order valence-electron chi connectivity index (χ3n) is 2.94. The van der Waals surface area contributed by atoms with Gasteiger partial charge in [0.1, 0.15) is 0 Å². The number of hydrogen-bond donors (Lipinski definition) is 0. The molecule has 20 heavy (non-hydrogen) atoms. The average Bonchev–Trinajstić information content (AvgIpc) is 2.51. The Kier molecular flexibility index (Phi) is 5.76. The zero-order chi connectivity index (χ0) is 12.9. The minimum Gasteiger partial charge on any atom is -0.0619 e. The summed E-state index contributed by atoms with van der Waals surface area (Å²) in [7, 11) is -0.0146. The van der Waals surface area contributed by atoms with E-state index in [1.165, 1.54) is 14.7 Å². The van der Waals surface area contributed by atoms with Crippen molar-refractivity contribution in [3.8, 4) is 0 Å². The van der Waals surface area contributed by atoms with Crippen molar-refractivity contribution in [3.63, 3.8) is 0 Å². The Morgan fingerprint density at radius 1 is 0.400 bits per heavy atom. The number of hydrogen-bond acceptors (Lipinski definition) is 0. The normalized spacial score (nSPS) is 10.1. The molecule has 0 aliphatic heterocycles. The Balaban J connectivity index is 0.00000147. The van der Waals surface area contributed by atoms with E-state index >= 15 is 0 Å². The van der Waals surface area contributed by atoms with Gasteiger partial charge in [0.2, 0.25) is 0 Å². The molecule has 0 radical (unpaired) electrons. The molecule has 0 N–H and O–H groups in total. The molecule has 0 heterocycles. The van der Waals surface area contributed by atoms with Crippen LogP contribution in [-0.4, -0.2) is 24.4 Å². The summed E-state index contributed by atoms with van der Waals surface area (Å²) in [5.74, 6) is 0. The Hall–Kier alpha value is -1.17. The molecule has 3 aromatic rings. The number of benzene rings is 3. The molecule has 3 rings (SSSR count). The molecule has 100 valence electrons. The van der Waals surface area contributed by atoms with Crippen molar-refractivity contribution >= 4 is 35.3 Å². The maximum Gasteiger partial charge on any atom is 0.166 e. The van der Waals surface area contributed by atoms with Crippen LogP contribution in [0.2, 0.25) is 0 Å². The van der Waals surface area contributed by atoms with Crippen LogP contribution in [0.5, 0.6) is 0 Å². The Morgan fingerprint density at radius 2 is 0.650 bits per heavy atom. The average molecular weight is 388 g/mol. The van der Waals surface area contributed by atoms with E-state index in [0.717, 1.165) is 0 Å². The van der Waals surface area contributed by atoms with Gasteiger partial charge < -0.3 is 0 Å². The van der Waals surface area contributed by atoms with Gasteiger partial charge in [0.25, 0.3) is 0 Å². The Labute approximate surface area is 140 Å². The van der Waals surface area contributed by atoms with E-state index in [4.69, 9.17) is 0 Å². The SMILES string of the molecule is [SbH3].c1ccc([S+](c2ccccc2)c2ccccc2)cc1. The van der Waals surface area contributed by atoms with Gasteiger partial charge in [-0.1, -0.05) is 54.6 Å². The van der Waals surface area contributed by atoms with Gasteiger partial charge >= 0.3 is 24.4 Å². The van der Waals surface area contributed by atoms with Crippen LogP contribution >= 0.6 is 0 Å². The maximum atomic E-state index is 2.21. The third kappa shape index (κ3) is 3.48. The molecule has 0 fully saturated rings. The van der Waals surface area contributed by atoms with Gasteiger partial charge in [-0.2, -0.15) is 0 Å². The number of rotatable bonds is 3. The van der Waals surface area contributed by atoms with Crippen LogP contribution in [0.4, 0.5) is 0 Å². The van der Waals surface area contributed by atoms with E-state index in [-0.39, 0.29) is 35.3 Å². The van der Waals surface area contributed by atoms with Gasteiger partial charge in [0.15, 0.2) is 14.7 Å². The van der Waals surface area contributed by atoms with E-state index in [2.05, 4.69) is 91.0 Å². The minimum atomic E-state index is -0.0146. The van der Waals surface area contributed by atoms with E-state index in [0.29, 0.717) is 0 Å². The van der Waals surface area contributed by atoms with Crippen LogP contribution in [0.25, 0.3) is 0 Å². The molecule has 2 heteroatoms. The van der Waals surface area contributed by atoms with E-state index in [1.54, 1.807) is 0 Å². The molecule has 0 unspecified atom stereocenters. The second-order valence-corrected chi connectivity index (χ2v) is 6.27. The first-order valence-electron chi connectivity index (χ1n) is 6.34. The summed E-state index contributed by atoms with van der Waals surface area (Å²) in [6, 6.07) is 32.2. The summed E-state index contributed by atoms with van der Waals surface area (Å²) < 4.78 is 0. The van der Waals surface area contributed by atoms with Crippen LogP contribution < -0.4 is 0 Å². The fourth-order valence-electron chi connectivity index (χ4n) is 2.08.